The number of hydrogen-bond donors (Lipinski definition) is 1. The van der Waals surface area contributed by atoms with Crippen LogP contribution in [0.3, 0.4) is 0 Å². The van der Waals surface area contributed by atoms with Crippen LogP contribution in [0.15, 0.2) is 0 Å². The fraction of sp³-hybridized carbons (Fsp3) is 0.875. The predicted molar refractivity (Wildman–Crippen MR) is 101 cm³/mol. The summed E-state index contributed by atoms with van der Waals surface area (Å²) in [5.41, 5.74) is -0.448. The number of thioether (sulfide) groups is 1. The molecule has 25 heavy (non-hydrogen) atoms. The fourth-order valence-electron chi connectivity index (χ4n) is 1.51. The van der Waals surface area contributed by atoms with E-state index >= 15 is 0 Å². The van der Waals surface area contributed by atoms with Crippen molar-refractivity contribution in [3.05, 3.63) is 0 Å². The Morgan fingerprint density at radius 3 is 2.08 bits per heavy atom. The second-order valence-electron chi connectivity index (χ2n) is 7.21. The monoisotopic (exact) mass is 397 g/mol. The van der Waals surface area contributed by atoms with E-state index in [1.807, 2.05) is 20.8 Å². The van der Waals surface area contributed by atoms with Crippen LogP contribution < -0.4 is 5.09 Å². The van der Waals surface area contributed by atoms with Gasteiger partial charge in [-0.3, -0.25) is 18.6 Å². The number of esters is 1. The summed E-state index contributed by atoms with van der Waals surface area (Å²) in [6, 6.07) is -0.851. The van der Waals surface area contributed by atoms with Crippen LogP contribution >= 0.6 is 19.5 Å². The molecule has 0 aliphatic heterocycles. The molecule has 0 rings (SSSR count). The van der Waals surface area contributed by atoms with Gasteiger partial charge in [0.1, 0.15) is 6.04 Å². The Labute approximate surface area is 155 Å². The quantitative estimate of drug-likeness (QED) is 0.338. The molecule has 0 aliphatic rings. The summed E-state index contributed by atoms with van der Waals surface area (Å²) in [7, 11) is -3.70. The van der Waals surface area contributed by atoms with Crippen LogP contribution in [0.5, 0.6) is 0 Å². The van der Waals surface area contributed by atoms with Gasteiger partial charge in [-0.1, -0.05) is 32.5 Å². The van der Waals surface area contributed by atoms with Gasteiger partial charge in [-0.05, 0) is 34.6 Å². The number of ether oxygens (including phenoxy) is 1. The standard InChI is InChI=1S/C16H32NO6PS/c1-11(2)22-14(18)13(5)17-24(20,23-12(3)4)21-9-10-25-15(19)16(6,7)8/h11-13H,9-10H2,1-8H3,(H,17,20)/t13-,24?/m0/s1. The van der Waals surface area contributed by atoms with E-state index in [2.05, 4.69) is 5.09 Å². The van der Waals surface area contributed by atoms with Gasteiger partial charge in [-0.25, -0.2) is 9.65 Å². The lowest BCUT2D eigenvalue weighted by Gasteiger charge is -2.24. The predicted octanol–water partition coefficient (Wildman–Crippen LogP) is 3.77. The molecule has 0 saturated carbocycles. The van der Waals surface area contributed by atoms with E-state index in [0.29, 0.717) is 5.75 Å². The van der Waals surface area contributed by atoms with E-state index in [4.69, 9.17) is 13.8 Å². The van der Waals surface area contributed by atoms with Gasteiger partial charge in [0.2, 0.25) is 0 Å². The molecule has 0 radical (unpaired) electrons. The van der Waals surface area contributed by atoms with Gasteiger partial charge in [0.05, 0.1) is 18.8 Å². The lowest BCUT2D eigenvalue weighted by molar-refractivity contribution is -0.149. The first kappa shape index (κ1) is 24.6. The zero-order chi connectivity index (χ0) is 19.8. The molecule has 148 valence electrons. The average Bonchev–Trinajstić information content (AvgIpc) is 2.40. The van der Waals surface area contributed by atoms with E-state index in [9.17, 15) is 14.2 Å². The van der Waals surface area contributed by atoms with Gasteiger partial charge in [0.25, 0.3) is 0 Å². The Morgan fingerprint density at radius 1 is 1.08 bits per heavy atom. The summed E-state index contributed by atoms with van der Waals surface area (Å²) in [4.78, 5) is 23.7. The molecule has 0 aromatic heterocycles. The van der Waals surface area contributed by atoms with E-state index in [1.54, 1.807) is 27.7 Å². The molecule has 1 unspecified atom stereocenters. The van der Waals surface area contributed by atoms with Crippen LogP contribution in [0, 0.1) is 5.41 Å². The maximum atomic E-state index is 12.8. The van der Waals surface area contributed by atoms with Crippen molar-refractivity contribution in [1.29, 1.82) is 0 Å². The molecule has 0 amide bonds. The second-order valence-corrected chi connectivity index (χ2v) is 10.00. The third kappa shape index (κ3) is 11.0. The van der Waals surface area contributed by atoms with Crippen LogP contribution in [-0.4, -0.2) is 41.7 Å². The Morgan fingerprint density at radius 2 is 1.64 bits per heavy atom. The number of rotatable bonds is 10. The lowest BCUT2D eigenvalue weighted by atomic mass is 10.00. The molecule has 0 spiro atoms. The molecule has 1 N–H and O–H groups in total. The lowest BCUT2D eigenvalue weighted by Crippen LogP contribution is -2.36. The Bertz CT molecular complexity index is 490. The Balaban J connectivity index is 4.68. The van der Waals surface area contributed by atoms with E-state index < -0.39 is 25.2 Å². The third-order valence-corrected chi connectivity index (χ3v) is 5.77. The summed E-state index contributed by atoms with van der Waals surface area (Å²) in [6.45, 7) is 14.0. The van der Waals surface area contributed by atoms with Crippen molar-refractivity contribution in [2.45, 2.75) is 73.6 Å². The van der Waals surface area contributed by atoms with Crippen molar-refractivity contribution in [3.63, 3.8) is 0 Å². The normalized spacial score (nSPS) is 15.9. The molecule has 0 aromatic carbocycles. The van der Waals surface area contributed by atoms with Crippen molar-refractivity contribution in [1.82, 2.24) is 5.09 Å². The number of hydrogen-bond acceptors (Lipinski definition) is 7. The van der Waals surface area contributed by atoms with Gasteiger partial charge in [0, 0.05) is 11.2 Å². The molecule has 7 nitrogen and oxygen atoms in total. The van der Waals surface area contributed by atoms with Gasteiger partial charge in [-0.2, -0.15) is 0 Å². The number of nitrogens with one attached hydrogen (secondary N) is 1. The summed E-state index contributed by atoms with van der Waals surface area (Å²) in [6.07, 6.45) is -0.640. The van der Waals surface area contributed by atoms with Crippen molar-refractivity contribution in [2.24, 2.45) is 5.41 Å². The molecule has 0 bridgehead atoms. The SMILES string of the molecule is CC(C)OC(=O)[C@H](C)NP(=O)(OCCSC(=O)C(C)(C)C)OC(C)C. The van der Waals surface area contributed by atoms with Crippen LogP contribution in [0.2, 0.25) is 0 Å². The fourth-order valence-corrected chi connectivity index (χ4v) is 4.08. The van der Waals surface area contributed by atoms with E-state index in [1.165, 1.54) is 6.92 Å². The highest BCUT2D eigenvalue weighted by Gasteiger charge is 2.32. The molecule has 0 heterocycles. The largest absolute Gasteiger partial charge is 0.462 e. The van der Waals surface area contributed by atoms with Crippen LogP contribution in [0.4, 0.5) is 0 Å². The maximum absolute atomic E-state index is 12.8. The van der Waals surface area contributed by atoms with Crippen molar-refractivity contribution >= 4 is 30.6 Å². The van der Waals surface area contributed by atoms with Crippen LogP contribution in [-0.2, 0) is 27.9 Å². The molecule has 0 aliphatic carbocycles. The van der Waals surface area contributed by atoms with Crippen LogP contribution in [0.1, 0.15) is 55.4 Å². The molecule has 9 heteroatoms. The van der Waals surface area contributed by atoms with Crippen molar-refractivity contribution in [3.8, 4) is 0 Å². The Kier molecular flexibility index (Phi) is 10.5. The zero-order valence-electron chi connectivity index (χ0n) is 16.5. The first-order chi connectivity index (χ1) is 11.3. The molecular weight excluding hydrogens is 365 g/mol. The Hall–Kier alpha value is -0.400. The first-order valence-electron chi connectivity index (χ1n) is 8.35. The van der Waals surface area contributed by atoms with Crippen molar-refractivity contribution in [2.75, 3.05) is 12.4 Å². The van der Waals surface area contributed by atoms with Crippen molar-refractivity contribution < 1.29 is 27.9 Å². The van der Waals surface area contributed by atoms with Gasteiger partial charge < -0.3 is 4.74 Å². The first-order valence-corrected chi connectivity index (χ1v) is 10.9. The topological polar surface area (TPSA) is 90.9 Å². The van der Waals surface area contributed by atoms with E-state index in [0.717, 1.165) is 11.8 Å². The van der Waals surface area contributed by atoms with Gasteiger partial charge >= 0.3 is 13.7 Å². The summed E-state index contributed by atoms with van der Waals surface area (Å²) >= 11 is 1.12. The summed E-state index contributed by atoms with van der Waals surface area (Å²) in [5, 5.41) is 2.62. The van der Waals surface area contributed by atoms with Gasteiger partial charge in [-0.15, -0.1) is 0 Å². The molecule has 0 aromatic rings. The minimum Gasteiger partial charge on any atom is -0.462 e. The maximum Gasteiger partial charge on any atom is 0.406 e. The average molecular weight is 397 g/mol. The smallest absolute Gasteiger partial charge is 0.406 e. The second kappa shape index (κ2) is 10.7. The van der Waals surface area contributed by atoms with Crippen LogP contribution in [0.25, 0.3) is 0 Å². The summed E-state index contributed by atoms with van der Waals surface area (Å²) in [5.74, 6) is -0.197. The highest BCUT2D eigenvalue weighted by atomic mass is 32.2. The zero-order valence-corrected chi connectivity index (χ0v) is 18.2. The molecule has 2 atom stereocenters. The molecule has 0 saturated heterocycles. The number of carbonyl (C=O) groups excluding carboxylic acids is 2. The highest BCUT2D eigenvalue weighted by Crippen LogP contribution is 2.45. The number of carbonyl (C=O) groups is 2. The minimum atomic E-state index is -3.70. The van der Waals surface area contributed by atoms with Gasteiger partial charge in [0.15, 0.2) is 5.12 Å². The summed E-state index contributed by atoms with van der Waals surface area (Å²) < 4.78 is 28.6. The molecular formula is C16H32NO6PS. The molecule has 0 fully saturated rings. The minimum absolute atomic E-state index is 0.0255. The third-order valence-electron chi connectivity index (χ3n) is 2.60. The van der Waals surface area contributed by atoms with E-state index in [-0.39, 0.29) is 23.9 Å². The highest BCUT2D eigenvalue weighted by molar-refractivity contribution is 8.13.